The van der Waals surface area contributed by atoms with Crippen molar-refractivity contribution >= 4 is 23.2 Å². The Morgan fingerprint density at radius 1 is 0.871 bits per heavy atom. The summed E-state index contributed by atoms with van der Waals surface area (Å²) in [5.74, 6) is 1.07. The quantitative estimate of drug-likeness (QED) is 0.533. The lowest BCUT2D eigenvalue weighted by Crippen LogP contribution is -2.49. The van der Waals surface area contributed by atoms with E-state index in [2.05, 4.69) is 23.1 Å². The van der Waals surface area contributed by atoms with Crippen molar-refractivity contribution in [3.05, 3.63) is 95.0 Å². The second kappa shape index (κ2) is 9.88. The van der Waals surface area contributed by atoms with E-state index < -0.39 is 0 Å². The Hall–Kier alpha value is -2.98. The van der Waals surface area contributed by atoms with Crippen LogP contribution in [0.4, 0.5) is 5.69 Å². The number of carbonyl (C=O) groups is 1. The molecular formula is C26H27ClN2O2. The van der Waals surface area contributed by atoms with E-state index in [0.29, 0.717) is 24.5 Å². The van der Waals surface area contributed by atoms with Crippen molar-refractivity contribution in [2.45, 2.75) is 12.3 Å². The smallest absolute Gasteiger partial charge is 0.223 e. The summed E-state index contributed by atoms with van der Waals surface area (Å²) < 4.78 is 5.50. The normalized spacial score (nSPS) is 14.9. The van der Waals surface area contributed by atoms with Crippen LogP contribution in [0, 0.1) is 0 Å². The van der Waals surface area contributed by atoms with Gasteiger partial charge in [-0.25, -0.2) is 0 Å². The molecule has 3 aromatic carbocycles. The number of piperazine rings is 1. The molecule has 1 atom stereocenters. The fourth-order valence-electron chi connectivity index (χ4n) is 4.20. The summed E-state index contributed by atoms with van der Waals surface area (Å²) in [6, 6.07) is 26.1. The molecule has 1 amide bonds. The third-order valence-corrected chi connectivity index (χ3v) is 6.16. The minimum Gasteiger partial charge on any atom is -0.495 e. The fraction of sp³-hybridized carbons (Fsp3) is 0.269. The number of rotatable bonds is 6. The molecule has 1 fully saturated rings. The molecule has 4 rings (SSSR count). The van der Waals surface area contributed by atoms with Crippen LogP contribution in [0.1, 0.15) is 23.5 Å². The van der Waals surface area contributed by atoms with Crippen LogP contribution in [0.2, 0.25) is 5.02 Å². The molecule has 0 aliphatic carbocycles. The van der Waals surface area contributed by atoms with Gasteiger partial charge < -0.3 is 14.5 Å². The maximum absolute atomic E-state index is 13.2. The molecule has 0 spiro atoms. The van der Waals surface area contributed by atoms with Gasteiger partial charge in [0.2, 0.25) is 5.91 Å². The highest BCUT2D eigenvalue weighted by atomic mass is 35.5. The van der Waals surface area contributed by atoms with E-state index in [1.165, 1.54) is 0 Å². The van der Waals surface area contributed by atoms with E-state index in [-0.39, 0.29) is 11.8 Å². The van der Waals surface area contributed by atoms with Gasteiger partial charge in [-0.05, 0) is 35.4 Å². The highest BCUT2D eigenvalue weighted by Gasteiger charge is 2.26. The van der Waals surface area contributed by atoms with Gasteiger partial charge in [0.25, 0.3) is 0 Å². The summed E-state index contributed by atoms with van der Waals surface area (Å²) in [4.78, 5) is 17.5. The molecule has 1 heterocycles. The van der Waals surface area contributed by atoms with Crippen molar-refractivity contribution < 1.29 is 9.53 Å². The number of hydrogen-bond acceptors (Lipinski definition) is 3. The predicted molar refractivity (Wildman–Crippen MR) is 126 cm³/mol. The lowest BCUT2D eigenvalue weighted by atomic mass is 9.88. The summed E-state index contributed by atoms with van der Waals surface area (Å²) in [6.07, 6.45) is 0.445. The van der Waals surface area contributed by atoms with Crippen LogP contribution in [-0.2, 0) is 4.79 Å². The van der Waals surface area contributed by atoms with Crippen LogP contribution in [0.5, 0.6) is 5.75 Å². The van der Waals surface area contributed by atoms with Gasteiger partial charge in [-0.3, -0.25) is 4.79 Å². The number of carbonyl (C=O) groups excluding carboxylic acids is 1. The van der Waals surface area contributed by atoms with E-state index in [1.807, 2.05) is 65.6 Å². The molecule has 4 nitrogen and oxygen atoms in total. The second-order valence-corrected chi connectivity index (χ2v) is 8.20. The number of amides is 1. The Kier molecular flexibility index (Phi) is 6.78. The van der Waals surface area contributed by atoms with Gasteiger partial charge in [-0.2, -0.15) is 0 Å². The van der Waals surface area contributed by atoms with Crippen LogP contribution < -0.4 is 9.64 Å². The molecule has 0 N–H and O–H groups in total. The number of methoxy groups -OCH3 is 1. The van der Waals surface area contributed by atoms with Gasteiger partial charge >= 0.3 is 0 Å². The SMILES string of the molecule is COc1ccccc1N1CCN(C(=O)CC(c2ccccc2)c2ccc(Cl)cc2)CC1. The first kappa shape index (κ1) is 21.3. The average Bonchev–Trinajstić information content (AvgIpc) is 2.83. The van der Waals surface area contributed by atoms with Gasteiger partial charge in [0, 0.05) is 43.5 Å². The van der Waals surface area contributed by atoms with Crippen molar-refractivity contribution in [2.24, 2.45) is 0 Å². The fourth-order valence-corrected chi connectivity index (χ4v) is 4.33. The Balaban J connectivity index is 1.45. The molecule has 0 bridgehead atoms. The van der Waals surface area contributed by atoms with Crippen LogP contribution in [-0.4, -0.2) is 44.1 Å². The van der Waals surface area contributed by atoms with E-state index >= 15 is 0 Å². The zero-order valence-corrected chi connectivity index (χ0v) is 18.5. The molecule has 3 aromatic rings. The molecule has 0 saturated carbocycles. The standard InChI is InChI=1S/C26H27ClN2O2/c1-31-25-10-6-5-9-24(25)28-15-17-29(18-16-28)26(30)19-23(20-7-3-2-4-8-20)21-11-13-22(27)14-12-21/h2-14,23H,15-19H2,1H3. The Morgan fingerprint density at radius 2 is 1.48 bits per heavy atom. The average molecular weight is 435 g/mol. The molecule has 160 valence electrons. The molecular weight excluding hydrogens is 408 g/mol. The number of halogens is 1. The van der Waals surface area contributed by atoms with Crippen LogP contribution >= 0.6 is 11.6 Å². The summed E-state index contributed by atoms with van der Waals surface area (Å²) in [5, 5.41) is 0.703. The molecule has 31 heavy (non-hydrogen) atoms. The second-order valence-electron chi connectivity index (χ2n) is 7.76. The first-order chi connectivity index (χ1) is 15.2. The predicted octanol–water partition coefficient (Wildman–Crippen LogP) is 5.22. The number of hydrogen-bond donors (Lipinski definition) is 0. The van der Waals surface area contributed by atoms with Gasteiger partial charge in [0.15, 0.2) is 0 Å². The molecule has 0 radical (unpaired) electrons. The Morgan fingerprint density at radius 3 is 2.16 bits per heavy atom. The topological polar surface area (TPSA) is 32.8 Å². The number of para-hydroxylation sites is 2. The number of nitrogens with zero attached hydrogens (tertiary/aromatic N) is 2. The number of ether oxygens (including phenoxy) is 1. The summed E-state index contributed by atoms with van der Waals surface area (Å²) >= 11 is 6.09. The van der Waals surface area contributed by atoms with Crippen molar-refractivity contribution in [1.29, 1.82) is 0 Å². The van der Waals surface area contributed by atoms with E-state index in [1.54, 1.807) is 7.11 Å². The monoisotopic (exact) mass is 434 g/mol. The Labute approximate surface area is 189 Å². The van der Waals surface area contributed by atoms with Crippen LogP contribution in [0.3, 0.4) is 0 Å². The van der Waals surface area contributed by atoms with Crippen molar-refractivity contribution in [3.8, 4) is 5.75 Å². The van der Waals surface area contributed by atoms with Crippen LogP contribution in [0.25, 0.3) is 0 Å². The summed E-state index contributed by atoms with van der Waals surface area (Å²) in [7, 11) is 1.69. The first-order valence-electron chi connectivity index (χ1n) is 10.6. The molecule has 1 aliphatic rings. The maximum atomic E-state index is 13.2. The highest BCUT2D eigenvalue weighted by molar-refractivity contribution is 6.30. The number of benzene rings is 3. The van der Waals surface area contributed by atoms with Crippen LogP contribution in [0.15, 0.2) is 78.9 Å². The minimum absolute atomic E-state index is 0.0122. The summed E-state index contributed by atoms with van der Waals surface area (Å²) in [6.45, 7) is 3.00. The van der Waals surface area contributed by atoms with E-state index in [9.17, 15) is 4.79 Å². The van der Waals surface area contributed by atoms with Crippen molar-refractivity contribution in [1.82, 2.24) is 4.90 Å². The minimum atomic E-state index is 0.0122. The van der Waals surface area contributed by atoms with Gasteiger partial charge in [-0.15, -0.1) is 0 Å². The van der Waals surface area contributed by atoms with Gasteiger partial charge in [-0.1, -0.05) is 66.2 Å². The lowest BCUT2D eigenvalue weighted by Gasteiger charge is -2.37. The maximum Gasteiger partial charge on any atom is 0.223 e. The third-order valence-electron chi connectivity index (χ3n) is 5.91. The number of anilines is 1. The first-order valence-corrected chi connectivity index (χ1v) is 11.0. The molecule has 1 unspecified atom stereocenters. The highest BCUT2D eigenvalue weighted by Crippen LogP contribution is 2.31. The molecule has 0 aromatic heterocycles. The van der Waals surface area contributed by atoms with E-state index in [0.717, 1.165) is 35.7 Å². The van der Waals surface area contributed by atoms with Crippen molar-refractivity contribution in [3.63, 3.8) is 0 Å². The van der Waals surface area contributed by atoms with Gasteiger partial charge in [0.05, 0.1) is 12.8 Å². The van der Waals surface area contributed by atoms with Gasteiger partial charge in [0.1, 0.15) is 5.75 Å². The molecule has 1 saturated heterocycles. The zero-order valence-electron chi connectivity index (χ0n) is 17.7. The largest absolute Gasteiger partial charge is 0.495 e. The van der Waals surface area contributed by atoms with Crippen molar-refractivity contribution in [2.75, 3.05) is 38.2 Å². The zero-order chi connectivity index (χ0) is 21.6. The van der Waals surface area contributed by atoms with E-state index in [4.69, 9.17) is 16.3 Å². The summed E-state index contributed by atoms with van der Waals surface area (Å²) in [5.41, 5.74) is 3.34. The molecule has 1 aliphatic heterocycles. The lowest BCUT2D eigenvalue weighted by molar-refractivity contribution is -0.131. The third kappa shape index (κ3) is 5.02. The molecule has 5 heteroatoms. The Bertz CT molecular complexity index is 999.